The molecule has 0 saturated heterocycles. The molecular formula is C15H17N3O3. The molecule has 0 spiro atoms. The third-order valence-electron chi connectivity index (χ3n) is 2.79. The largest absolute Gasteiger partial charge is 0.490 e. The van der Waals surface area contributed by atoms with Crippen LogP contribution in [0.25, 0.3) is 0 Å². The zero-order valence-electron chi connectivity index (χ0n) is 11.7. The summed E-state index contributed by atoms with van der Waals surface area (Å²) in [6, 6.07) is 10.1. The van der Waals surface area contributed by atoms with Crippen LogP contribution in [0.2, 0.25) is 0 Å². The number of benzene rings is 1. The van der Waals surface area contributed by atoms with Crippen LogP contribution in [0.5, 0.6) is 5.75 Å². The minimum absolute atomic E-state index is 0.136. The highest BCUT2D eigenvalue weighted by atomic mass is 16.5. The number of nitrogens with one attached hydrogen (secondary N) is 1. The number of carbonyl (C=O) groups is 1. The smallest absolute Gasteiger partial charge is 0.250 e. The summed E-state index contributed by atoms with van der Waals surface area (Å²) in [6.45, 7) is 2.10. The van der Waals surface area contributed by atoms with Crippen LogP contribution in [-0.2, 0) is 11.3 Å². The van der Waals surface area contributed by atoms with E-state index >= 15 is 0 Å². The second-order valence-electron chi connectivity index (χ2n) is 4.52. The molecule has 2 aromatic rings. The third kappa shape index (κ3) is 4.10. The Bertz CT molecular complexity index is 695. The molecule has 0 atom stereocenters. The van der Waals surface area contributed by atoms with Crippen molar-refractivity contribution in [1.29, 1.82) is 0 Å². The van der Waals surface area contributed by atoms with Crippen molar-refractivity contribution in [2.75, 3.05) is 17.7 Å². The molecule has 0 aliphatic carbocycles. The predicted molar refractivity (Wildman–Crippen MR) is 81.4 cm³/mol. The van der Waals surface area contributed by atoms with E-state index in [0.29, 0.717) is 30.3 Å². The number of nitrogens with two attached hydrogens (primary N) is 1. The van der Waals surface area contributed by atoms with E-state index in [1.807, 2.05) is 6.07 Å². The maximum atomic E-state index is 11.6. The Morgan fingerprint density at radius 3 is 2.81 bits per heavy atom. The van der Waals surface area contributed by atoms with Gasteiger partial charge in [0.15, 0.2) is 0 Å². The van der Waals surface area contributed by atoms with Crippen molar-refractivity contribution in [2.24, 2.45) is 0 Å². The lowest BCUT2D eigenvalue weighted by Crippen LogP contribution is -2.22. The topological polar surface area (TPSA) is 86.3 Å². The van der Waals surface area contributed by atoms with E-state index < -0.39 is 0 Å². The number of rotatable bonds is 5. The van der Waals surface area contributed by atoms with E-state index in [1.54, 1.807) is 30.5 Å². The lowest BCUT2D eigenvalue weighted by Gasteiger charge is -2.12. The Morgan fingerprint density at radius 1 is 1.29 bits per heavy atom. The molecule has 1 aromatic carbocycles. The van der Waals surface area contributed by atoms with Crippen LogP contribution in [0.15, 0.2) is 47.4 Å². The van der Waals surface area contributed by atoms with E-state index in [-0.39, 0.29) is 11.5 Å². The number of carbonyl (C=O) groups excluding carboxylic acids is 1. The molecule has 0 aliphatic heterocycles. The molecule has 0 aliphatic rings. The van der Waals surface area contributed by atoms with Crippen LogP contribution in [0.4, 0.5) is 11.4 Å². The first-order valence-corrected chi connectivity index (χ1v) is 6.51. The van der Waals surface area contributed by atoms with Crippen LogP contribution in [0.3, 0.4) is 0 Å². The quantitative estimate of drug-likeness (QED) is 0.872. The SMILES string of the molecule is CC(=O)Nc1ccccc1OCCn1cc(N)ccc1=O. The van der Waals surface area contributed by atoms with Crippen molar-refractivity contribution in [1.82, 2.24) is 4.57 Å². The minimum atomic E-state index is -0.168. The van der Waals surface area contributed by atoms with Gasteiger partial charge in [0.2, 0.25) is 5.91 Å². The van der Waals surface area contributed by atoms with Crippen LogP contribution in [0, 0.1) is 0 Å². The summed E-state index contributed by atoms with van der Waals surface area (Å²) < 4.78 is 7.10. The summed E-state index contributed by atoms with van der Waals surface area (Å²) in [4.78, 5) is 22.7. The van der Waals surface area contributed by atoms with Crippen LogP contribution in [-0.4, -0.2) is 17.1 Å². The van der Waals surface area contributed by atoms with Gasteiger partial charge in [0.1, 0.15) is 12.4 Å². The van der Waals surface area contributed by atoms with Crippen molar-refractivity contribution in [3.05, 3.63) is 52.9 Å². The number of nitrogens with zero attached hydrogens (tertiary/aromatic N) is 1. The molecule has 1 aromatic heterocycles. The van der Waals surface area contributed by atoms with Gasteiger partial charge in [0.25, 0.3) is 5.56 Å². The Hall–Kier alpha value is -2.76. The molecule has 21 heavy (non-hydrogen) atoms. The van der Waals surface area contributed by atoms with E-state index in [0.717, 1.165) is 0 Å². The fourth-order valence-electron chi connectivity index (χ4n) is 1.86. The second kappa shape index (κ2) is 6.60. The maximum Gasteiger partial charge on any atom is 0.250 e. The summed E-state index contributed by atoms with van der Waals surface area (Å²) in [6.07, 6.45) is 1.57. The van der Waals surface area contributed by atoms with Gasteiger partial charge in [-0.2, -0.15) is 0 Å². The molecule has 1 amide bonds. The third-order valence-corrected chi connectivity index (χ3v) is 2.79. The average molecular weight is 287 g/mol. The molecule has 110 valence electrons. The number of para-hydroxylation sites is 2. The highest BCUT2D eigenvalue weighted by molar-refractivity contribution is 5.90. The number of nitrogen functional groups attached to an aromatic ring is 1. The van der Waals surface area contributed by atoms with Gasteiger partial charge in [-0.3, -0.25) is 9.59 Å². The maximum absolute atomic E-state index is 11.6. The van der Waals surface area contributed by atoms with Crippen molar-refractivity contribution in [2.45, 2.75) is 13.5 Å². The molecule has 0 saturated carbocycles. The zero-order chi connectivity index (χ0) is 15.2. The van der Waals surface area contributed by atoms with Crippen molar-refractivity contribution in [3.63, 3.8) is 0 Å². The van der Waals surface area contributed by atoms with E-state index in [4.69, 9.17) is 10.5 Å². The van der Waals surface area contributed by atoms with E-state index in [9.17, 15) is 9.59 Å². The Balaban J connectivity index is 2.02. The fourth-order valence-corrected chi connectivity index (χ4v) is 1.86. The highest BCUT2D eigenvalue weighted by Crippen LogP contribution is 2.23. The first-order chi connectivity index (χ1) is 10.1. The van der Waals surface area contributed by atoms with Crippen LogP contribution in [0.1, 0.15) is 6.92 Å². The molecule has 0 bridgehead atoms. The number of hydrogen-bond acceptors (Lipinski definition) is 4. The van der Waals surface area contributed by atoms with Gasteiger partial charge in [-0.05, 0) is 18.2 Å². The number of ether oxygens (including phenoxy) is 1. The molecular weight excluding hydrogens is 270 g/mol. The van der Waals surface area contributed by atoms with Gasteiger partial charge in [-0.1, -0.05) is 12.1 Å². The monoisotopic (exact) mass is 287 g/mol. The first-order valence-electron chi connectivity index (χ1n) is 6.51. The van der Waals surface area contributed by atoms with Gasteiger partial charge in [0, 0.05) is 24.9 Å². The van der Waals surface area contributed by atoms with Gasteiger partial charge >= 0.3 is 0 Å². The standard InChI is InChI=1S/C15H17N3O3/c1-11(19)17-13-4-2-3-5-14(13)21-9-8-18-10-12(16)6-7-15(18)20/h2-7,10H,8-9,16H2,1H3,(H,17,19). The second-order valence-corrected chi connectivity index (χ2v) is 4.52. The van der Waals surface area contributed by atoms with Gasteiger partial charge < -0.3 is 20.4 Å². The van der Waals surface area contributed by atoms with Crippen molar-refractivity contribution in [3.8, 4) is 5.75 Å². The minimum Gasteiger partial charge on any atom is -0.490 e. The highest BCUT2D eigenvalue weighted by Gasteiger charge is 2.04. The Morgan fingerprint density at radius 2 is 2.05 bits per heavy atom. The summed E-state index contributed by atoms with van der Waals surface area (Å²) in [5.41, 5.74) is 6.63. The molecule has 0 unspecified atom stereocenters. The van der Waals surface area contributed by atoms with Crippen LogP contribution < -0.4 is 21.3 Å². The summed E-state index contributed by atoms with van der Waals surface area (Å²) >= 11 is 0. The van der Waals surface area contributed by atoms with E-state index in [1.165, 1.54) is 17.6 Å². The molecule has 0 radical (unpaired) electrons. The number of hydrogen-bond donors (Lipinski definition) is 2. The average Bonchev–Trinajstić information content (AvgIpc) is 2.44. The summed E-state index contributed by atoms with van der Waals surface area (Å²) in [7, 11) is 0. The van der Waals surface area contributed by atoms with Gasteiger partial charge in [-0.15, -0.1) is 0 Å². The van der Waals surface area contributed by atoms with E-state index in [2.05, 4.69) is 5.32 Å². The van der Waals surface area contributed by atoms with Crippen molar-refractivity contribution >= 4 is 17.3 Å². The lowest BCUT2D eigenvalue weighted by molar-refractivity contribution is -0.114. The Kier molecular flexibility index (Phi) is 4.61. The van der Waals surface area contributed by atoms with Crippen molar-refractivity contribution < 1.29 is 9.53 Å². The number of aromatic nitrogens is 1. The molecule has 3 N–H and O–H groups in total. The van der Waals surface area contributed by atoms with Crippen LogP contribution >= 0.6 is 0 Å². The van der Waals surface area contributed by atoms with Gasteiger partial charge in [0.05, 0.1) is 12.2 Å². The molecule has 0 fully saturated rings. The molecule has 2 rings (SSSR count). The number of anilines is 2. The molecule has 6 heteroatoms. The molecule has 1 heterocycles. The zero-order valence-corrected chi connectivity index (χ0v) is 11.7. The fraction of sp³-hybridized carbons (Fsp3) is 0.200. The lowest BCUT2D eigenvalue weighted by atomic mass is 10.3. The number of pyridine rings is 1. The number of amides is 1. The summed E-state index contributed by atoms with van der Waals surface area (Å²) in [5.74, 6) is 0.391. The normalized spacial score (nSPS) is 10.1. The Labute approximate surface area is 122 Å². The van der Waals surface area contributed by atoms with Gasteiger partial charge in [-0.25, -0.2) is 0 Å². The molecule has 6 nitrogen and oxygen atoms in total. The predicted octanol–water partition coefficient (Wildman–Crippen LogP) is 1.47. The first kappa shape index (κ1) is 14.6. The summed E-state index contributed by atoms with van der Waals surface area (Å²) in [5, 5.41) is 2.69.